The molecule has 57 heavy (non-hydrogen) atoms. The lowest BCUT2D eigenvalue weighted by Crippen LogP contribution is -2.61. The Hall–Kier alpha value is -4.35. The number of likely N-dealkylation sites (tertiary alicyclic amines) is 1. The van der Waals surface area contributed by atoms with Gasteiger partial charge in [-0.1, -0.05) is 12.1 Å². The highest BCUT2D eigenvalue weighted by Gasteiger charge is 2.53. The first kappa shape index (κ1) is 45.4. The number of aliphatic hydroxyl groups excluding tert-OH is 3. The number of carboxylic acids is 1. The summed E-state index contributed by atoms with van der Waals surface area (Å²) >= 11 is 0. The molecule has 1 aromatic carbocycles. The number of aldehydes is 1. The fourth-order valence-corrected chi connectivity index (χ4v) is 6.82. The number of aliphatic hydroxyl groups is 3. The maximum Gasteiger partial charge on any atom is 0.335 e. The van der Waals surface area contributed by atoms with Gasteiger partial charge in [0.05, 0.1) is 30.9 Å². The minimum Gasteiger partial charge on any atom is -0.479 e. The lowest BCUT2D eigenvalue weighted by molar-refractivity contribution is -0.271. The van der Waals surface area contributed by atoms with Gasteiger partial charge in [-0.25, -0.2) is 4.79 Å². The Bertz CT molecular complexity index is 1800. The second kappa shape index (κ2) is 18.9. The average Bonchev–Trinajstić information content (AvgIpc) is 3.66. The zero-order valence-corrected chi connectivity index (χ0v) is 32.5. The van der Waals surface area contributed by atoms with E-state index < -0.39 is 93.2 Å². The maximum absolute atomic E-state index is 13.1. The van der Waals surface area contributed by atoms with E-state index in [1.807, 2.05) is 0 Å². The highest BCUT2D eigenvalue weighted by Crippen LogP contribution is 2.34. The van der Waals surface area contributed by atoms with Gasteiger partial charge in [0.1, 0.15) is 42.5 Å². The van der Waals surface area contributed by atoms with Gasteiger partial charge in [0.2, 0.25) is 12.2 Å². The summed E-state index contributed by atoms with van der Waals surface area (Å²) < 4.78 is 53.2. The van der Waals surface area contributed by atoms with Crippen molar-refractivity contribution in [2.45, 2.75) is 95.3 Å². The summed E-state index contributed by atoms with van der Waals surface area (Å²) in [7, 11) is -4.31. The number of amides is 3. The summed E-state index contributed by atoms with van der Waals surface area (Å²) in [4.78, 5) is 76.9. The Kier molecular flexibility index (Phi) is 15.1. The van der Waals surface area contributed by atoms with Crippen LogP contribution in [0.4, 0.5) is 0 Å². The second-order valence-electron chi connectivity index (χ2n) is 15.1. The van der Waals surface area contributed by atoms with Crippen molar-refractivity contribution >= 4 is 46.1 Å². The van der Waals surface area contributed by atoms with E-state index in [0.717, 1.165) is 17.1 Å². The molecule has 3 aliphatic heterocycles. The van der Waals surface area contributed by atoms with Gasteiger partial charge in [-0.3, -0.25) is 33.5 Å². The number of carbonyl (C=O) groups excluding carboxylic acids is 5. The molecule has 3 amide bonds. The van der Waals surface area contributed by atoms with E-state index in [-0.39, 0.29) is 51.6 Å². The van der Waals surface area contributed by atoms with Crippen molar-refractivity contribution in [3.8, 4) is 5.75 Å². The van der Waals surface area contributed by atoms with Crippen LogP contribution in [0.5, 0.6) is 5.75 Å². The van der Waals surface area contributed by atoms with Crippen molar-refractivity contribution in [2.75, 3.05) is 38.6 Å². The molecule has 0 aliphatic carbocycles. The lowest BCUT2D eigenvalue weighted by atomic mass is 9.95. The molecule has 1 aromatic rings. The van der Waals surface area contributed by atoms with Crippen molar-refractivity contribution < 1.29 is 81.1 Å². The molecule has 0 bridgehead atoms. The molecule has 21 heteroatoms. The van der Waals surface area contributed by atoms with Crippen LogP contribution in [0, 0.1) is 5.41 Å². The third kappa shape index (κ3) is 11.9. The Labute approximate surface area is 328 Å². The average molecular weight is 828 g/mol. The molecule has 0 aromatic heterocycles. The van der Waals surface area contributed by atoms with Gasteiger partial charge in [-0.05, 0) is 58.1 Å². The van der Waals surface area contributed by atoms with Gasteiger partial charge in [-0.2, -0.15) is 8.42 Å². The van der Waals surface area contributed by atoms with Crippen LogP contribution in [0.2, 0.25) is 0 Å². The van der Waals surface area contributed by atoms with Crippen LogP contribution in [-0.2, 0) is 66.1 Å². The SMILES string of the molecule is CC(C)(C)C(=O)OCc1ccc(CCCCNC(=O)CN2C[C@](C=O)(N3C(=O)C=CC3=O)C[C@H]2COCCS(=O)(=O)O)cc1O[C@@H]1O[C@H](C(=O)O)[C@@H](O)[C@H](O)[C@H]1O. The quantitative estimate of drug-likeness (QED) is 0.0299. The molecule has 2 saturated heterocycles. The van der Waals surface area contributed by atoms with Gasteiger partial charge in [0.15, 0.2) is 6.10 Å². The number of benzene rings is 1. The third-order valence-corrected chi connectivity index (χ3v) is 10.3. The monoisotopic (exact) mass is 827 g/mol. The molecule has 6 N–H and O–H groups in total. The molecule has 0 unspecified atom stereocenters. The number of hydrogen-bond acceptors (Lipinski definition) is 16. The summed E-state index contributed by atoms with van der Waals surface area (Å²) in [5.41, 5.74) is -1.38. The molecule has 2 fully saturated rings. The normalized spacial score (nSPS) is 26.8. The molecule has 316 valence electrons. The zero-order chi connectivity index (χ0) is 42.3. The Morgan fingerprint density at radius 1 is 1.05 bits per heavy atom. The van der Waals surface area contributed by atoms with E-state index in [0.29, 0.717) is 36.7 Å². The highest BCUT2D eigenvalue weighted by atomic mass is 32.2. The predicted octanol–water partition coefficient (Wildman–Crippen LogP) is -1.67. The molecule has 0 radical (unpaired) electrons. The molecule has 4 rings (SSSR count). The standard InChI is InChI=1S/C36H49N3O17S/c1-35(2,3)34(49)54-17-22-8-7-21(14-24(22)55-33-30(46)28(44)29(45)31(56-33)32(47)48)6-4-5-11-37-25(41)16-38-19-36(20-40,39-26(42)9-10-27(39)43)15-23(38)18-53-12-13-57(50,51)52/h7-10,14,20,23,28-31,33,44-46H,4-6,11-13,15-19H2,1-3H3,(H,37,41)(H,47,48)(H,50,51,52)/t23-,28-,29-,30+,31-,33+,36+/m0/s1. The van der Waals surface area contributed by atoms with Gasteiger partial charge < -0.3 is 49.5 Å². The molecule has 0 spiro atoms. The first-order valence-corrected chi connectivity index (χ1v) is 19.7. The van der Waals surface area contributed by atoms with Gasteiger partial charge in [0, 0.05) is 36.8 Å². The maximum atomic E-state index is 13.1. The van der Waals surface area contributed by atoms with Gasteiger partial charge >= 0.3 is 11.9 Å². The lowest BCUT2D eigenvalue weighted by Gasteiger charge is -2.38. The molecular formula is C36H49N3O17S. The van der Waals surface area contributed by atoms with E-state index in [4.69, 9.17) is 23.5 Å². The first-order valence-electron chi connectivity index (χ1n) is 18.1. The summed E-state index contributed by atoms with van der Waals surface area (Å²) in [6, 6.07) is 4.23. The number of nitrogens with one attached hydrogen (secondary N) is 1. The van der Waals surface area contributed by atoms with Crippen LogP contribution in [0.1, 0.15) is 51.2 Å². The number of carboxylic acid groups (broad SMARTS) is 1. The number of aliphatic carboxylic acids is 1. The van der Waals surface area contributed by atoms with E-state index >= 15 is 0 Å². The second-order valence-corrected chi connectivity index (χ2v) is 16.7. The van der Waals surface area contributed by atoms with Gasteiger partial charge in [-0.15, -0.1) is 0 Å². The minimum absolute atomic E-state index is 0.0564. The van der Waals surface area contributed by atoms with Crippen LogP contribution in [0.15, 0.2) is 30.4 Å². The van der Waals surface area contributed by atoms with Crippen molar-refractivity contribution in [1.29, 1.82) is 0 Å². The molecule has 0 saturated carbocycles. The number of rotatable bonds is 19. The summed E-state index contributed by atoms with van der Waals surface area (Å²) in [6.07, 6.45) is -5.37. The molecule has 20 nitrogen and oxygen atoms in total. The fraction of sp³-hybridized carbons (Fsp3) is 0.611. The van der Waals surface area contributed by atoms with E-state index in [9.17, 15) is 57.6 Å². The minimum atomic E-state index is -4.31. The number of unbranched alkanes of at least 4 members (excludes halogenated alkanes) is 1. The highest BCUT2D eigenvalue weighted by molar-refractivity contribution is 7.85. The molecule has 3 aliphatic rings. The molecular weight excluding hydrogens is 778 g/mol. The molecule has 7 atom stereocenters. The Morgan fingerprint density at radius 2 is 1.74 bits per heavy atom. The van der Waals surface area contributed by atoms with Crippen molar-refractivity contribution in [2.24, 2.45) is 5.41 Å². The van der Waals surface area contributed by atoms with Crippen molar-refractivity contribution in [3.05, 3.63) is 41.5 Å². The van der Waals surface area contributed by atoms with Crippen molar-refractivity contribution in [1.82, 2.24) is 15.1 Å². The summed E-state index contributed by atoms with van der Waals surface area (Å²) in [5, 5.41) is 43.1. The number of imide groups is 1. The number of carbonyl (C=O) groups is 6. The largest absolute Gasteiger partial charge is 0.479 e. The first-order chi connectivity index (χ1) is 26.7. The van der Waals surface area contributed by atoms with Crippen LogP contribution >= 0.6 is 0 Å². The Balaban J connectivity index is 1.37. The van der Waals surface area contributed by atoms with Crippen LogP contribution in [0.25, 0.3) is 0 Å². The predicted molar refractivity (Wildman–Crippen MR) is 194 cm³/mol. The van der Waals surface area contributed by atoms with E-state index in [2.05, 4.69) is 5.32 Å². The summed E-state index contributed by atoms with van der Waals surface area (Å²) in [5.74, 6) is -4.55. The van der Waals surface area contributed by atoms with Crippen LogP contribution < -0.4 is 10.1 Å². The number of aryl methyl sites for hydroxylation is 1. The topological polar surface area (TPSA) is 293 Å². The third-order valence-electron chi connectivity index (χ3n) is 9.57. The Morgan fingerprint density at radius 3 is 2.35 bits per heavy atom. The number of nitrogens with zero attached hydrogens (tertiary/aromatic N) is 2. The van der Waals surface area contributed by atoms with E-state index in [1.165, 1.54) is 0 Å². The van der Waals surface area contributed by atoms with Crippen LogP contribution in [-0.4, -0.2) is 160 Å². The van der Waals surface area contributed by atoms with Crippen LogP contribution in [0.3, 0.4) is 0 Å². The summed E-state index contributed by atoms with van der Waals surface area (Å²) in [6.45, 7) is 4.00. The van der Waals surface area contributed by atoms with E-state index in [1.54, 1.807) is 43.9 Å². The fourth-order valence-electron chi connectivity index (χ4n) is 6.49. The number of hydrogen-bond donors (Lipinski definition) is 6. The molecule has 3 heterocycles. The number of ether oxygens (including phenoxy) is 4. The smallest absolute Gasteiger partial charge is 0.335 e. The van der Waals surface area contributed by atoms with Gasteiger partial charge in [0.25, 0.3) is 21.9 Å². The zero-order valence-electron chi connectivity index (χ0n) is 31.6. The number of esters is 1. The van der Waals surface area contributed by atoms with Crippen molar-refractivity contribution in [3.63, 3.8) is 0 Å².